The van der Waals surface area contributed by atoms with Crippen molar-refractivity contribution in [2.75, 3.05) is 5.32 Å². The Morgan fingerprint density at radius 1 is 1.14 bits per heavy atom. The Balaban J connectivity index is 1.83. The van der Waals surface area contributed by atoms with Crippen LogP contribution >= 0.6 is 0 Å². The van der Waals surface area contributed by atoms with Gasteiger partial charge in [0.15, 0.2) is 0 Å². The summed E-state index contributed by atoms with van der Waals surface area (Å²) in [7, 11) is 0. The Bertz CT molecular complexity index is 455. The van der Waals surface area contributed by atoms with Crippen LogP contribution in [0.25, 0.3) is 0 Å². The second-order valence-electron chi connectivity index (χ2n) is 6.55. The van der Waals surface area contributed by atoms with Crippen molar-refractivity contribution in [3.05, 3.63) is 29.8 Å². The molecule has 2 rings (SSSR count). The molecule has 1 aliphatic carbocycles. The zero-order valence-corrected chi connectivity index (χ0v) is 13.5. The van der Waals surface area contributed by atoms with Crippen LogP contribution in [0.1, 0.15) is 51.5 Å². The molecular weight excluding hydrogens is 260 g/mol. The van der Waals surface area contributed by atoms with Gasteiger partial charge in [0.1, 0.15) is 0 Å². The molecule has 1 aromatic carbocycles. The predicted octanol–water partition coefficient (Wildman–Crippen LogP) is 3.88. The van der Waals surface area contributed by atoms with Gasteiger partial charge in [-0.3, -0.25) is 4.79 Å². The average molecular weight is 288 g/mol. The van der Waals surface area contributed by atoms with Gasteiger partial charge in [-0.1, -0.05) is 37.5 Å². The molecule has 0 bridgehead atoms. The first kappa shape index (κ1) is 16.0. The lowest BCUT2D eigenvalue weighted by molar-refractivity contribution is -0.118. The summed E-state index contributed by atoms with van der Waals surface area (Å²) in [6.45, 7) is 6.33. The summed E-state index contributed by atoms with van der Waals surface area (Å²) in [5.41, 5.74) is 2.07. The smallest absolute Gasteiger partial charge is 0.241 e. The molecule has 21 heavy (non-hydrogen) atoms. The van der Waals surface area contributed by atoms with Gasteiger partial charge in [-0.15, -0.1) is 0 Å². The van der Waals surface area contributed by atoms with E-state index < -0.39 is 0 Å². The zero-order chi connectivity index (χ0) is 15.2. The summed E-state index contributed by atoms with van der Waals surface area (Å²) < 4.78 is 0. The maximum atomic E-state index is 12.2. The van der Waals surface area contributed by atoms with Crippen LogP contribution in [0.2, 0.25) is 0 Å². The summed E-state index contributed by atoms with van der Waals surface area (Å²) in [6.07, 6.45) is 6.23. The third-order valence-corrected chi connectivity index (χ3v) is 4.46. The van der Waals surface area contributed by atoms with Crippen molar-refractivity contribution >= 4 is 11.6 Å². The molecule has 0 radical (unpaired) electrons. The van der Waals surface area contributed by atoms with Crippen molar-refractivity contribution in [3.63, 3.8) is 0 Å². The van der Waals surface area contributed by atoms with E-state index in [9.17, 15) is 4.79 Å². The normalized spacial score (nSPS) is 24.1. The number of rotatable bonds is 4. The predicted molar refractivity (Wildman–Crippen MR) is 88.4 cm³/mol. The molecule has 116 valence electrons. The van der Waals surface area contributed by atoms with E-state index in [2.05, 4.69) is 17.6 Å². The summed E-state index contributed by atoms with van der Waals surface area (Å²) in [5, 5.41) is 6.48. The van der Waals surface area contributed by atoms with Crippen LogP contribution in [0.4, 0.5) is 5.69 Å². The van der Waals surface area contributed by atoms with Crippen LogP contribution < -0.4 is 10.6 Å². The van der Waals surface area contributed by atoms with Gasteiger partial charge < -0.3 is 10.6 Å². The maximum Gasteiger partial charge on any atom is 0.241 e. The first-order chi connectivity index (χ1) is 10.0. The Kier molecular flexibility index (Phi) is 5.80. The topological polar surface area (TPSA) is 41.1 Å². The molecule has 0 saturated heterocycles. The number of carbonyl (C=O) groups excluding carboxylic acids is 1. The van der Waals surface area contributed by atoms with E-state index >= 15 is 0 Å². The Morgan fingerprint density at radius 3 is 2.57 bits per heavy atom. The molecule has 1 aromatic rings. The fourth-order valence-corrected chi connectivity index (χ4v) is 2.97. The van der Waals surface area contributed by atoms with Gasteiger partial charge in [-0.05, 0) is 51.2 Å². The molecule has 0 aliphatic heterocycles. The van der Waals surface area contributed by atoms with Crippen LogP contribution in [0, 0.1) is 12.8 Å². The van der Waals surface area contributed by atoms with E-state index in [0.717, 1.165) is 11.6 Å². The zero-order valence-electron chi connectivity index (χ0n) is 13.5. The highest BCUT2D eigenvalue weighted by Gasteiger charge is 2.20. The average Bonchev–Trinajstić information content (AvgIpc) is 2.66. The minimum absolute atomic E-state index is 0.0520. The molecular formula is C18H28N2O. The third kappa shape index (κ3) is 5.16. The largest absolute Gasteiger partial charge is 0.325 e. The van der Waals surface area contributed by atoms with E-state index in [4.69, 9.17) is 0 Å². The second kappa shape index (κ2) is 7.60. The lowest BCUT2D eigenvalue weighted by atomic mass is 10.0. The summed E-state index contributed by atoms with van der Waals surface area (Å²) in [5.74, 6) is 0.879. The fourth-order valence-electron chi connectivity index (χ4n) is 2.97. The van der Waals surface area contributed by atoms with Crippen LogP contribution in [-0.2, 0) is 4.79 Å². The minimum atomic E-state index is -0.148. The molecule has 1 amide bonds. The number of hydrogen-bond donors (Lipinski definition) is 2. The van der Waals surface area contributed by atoms with Gasteiger partial charge >= 0.3 is 0 Å². The molecule has 0 heterocycles. The van der Waals surface area contributed by atoms with Gasteiger partial charge in [-0.2, -0.15) is 0 Å². The van der Waals surface area contributed by atoms with E-state index in [1.807, 2.05) is 38.1 Å². The molecule has 3 heteroatoms. The number of amides is 1. The van der Waals surface area contributed by atoms with Gasteiger partial charge in [-0.25, -0.2) is 0 Å². The monoisotopic (exact) mass is 288 g/mol. The van der Waals surface area contributed by atoms with Gasteiger partial charge in [0.2, 0.25) is 5.91 Å². The quantitative estimate of drug-likeness (QED) is 0.826. The van der Waals surface area contributed by atoms with Gasteiger partial charge in [0, 0.05) is 11.7 Å². The van der Waals surface area contributed by atoms with E-state index in [1.165, 1.54) is 37.7 Å². The number of aryl methyl sites for hydroxylation is 1. The van der Waals surface area contributed by atoms with Crippen molar-refractivity contribution < 1.29 is 4.79 Å². The summed E-state index contributed by atoms with van der Waals surface area (Å²) >= 11 is 0. The minimum Gasteiger partial charge on any atom is -0.325 e. The molecule has 3 atom stereocenters. The van der Waals surface area contributed by atoms with Crippen molar-refractivity contribution in [2.24, 2.45) is 5.92 Å². The van der Waals surface area contributed by atoms with E-state index in [-0.39, 0.29) is 11.9 Å². The number of nitrogens with one attached hydrogen (secondary N) is 2. The maximum absolute atomic E-state index is 12.2. The highest BCUT2D eigenvalue weighted by Crippen LogP contribution is 2.23. The summed E-state index contributed by atoms with van der Waals surface area (Å²) in [6, 6.07) is 8.26. The lowest BCUT2D eigenvalue weighted by Crippen LogP contribution is -2.43. The fraction of sp³-hybridized carbons (Fsp3) is 0.611. The molecule has 1 fully saturated rings. The number of carbonyl (C=O) groups is 1. The standard InChI is InChI=1S/C18H28N2O/c1-13-5-4-6-16(10-7-13)19-15(3)18(21)20-17-11-8-14(2)9-12-17/h8-9,11-13,15-16,19H,4-7,10H2,1-3H3,(H,20,21). The molecule has 1 saturated carbocycles. The van der Waals surface area contributed by atoms with Crippen LogP contribution in [0.3, 0.4) is 0 Å². The molecule has 0 spiro atoms. The Morgan fingerprint density at radius 2 is 1.86 bits per heavy atom. The Labute approximate surface area is 128 Å². The molecule has 1 aliphatic rings. The second-order valence-corrected chi connectivity index (χ2v) is 6.55. The van der Waals surface area contributed by atoms with E-state index in [0.29, 0.717) is 6.04 Å². The molecule has 2 N–H and O–H groups in total. The van der Waals surface area contributed by atoms with Crippen molar-refractivity contribution in [1.82, 2.24) is 5.32 Å². The van der Waals surface area contributed by atoms with Crippen molar-refractivity contribution in [3.8, 4) is 0 Å². The number of hydrogen-bond acceptors (Lipinski definition) is 2. The van der Waals surface area contributed by atoms with Crippen LogP contribution in [0.5, 0.6) is 0 Å². The van der Waals surface area contributed by atoms with E-state index in [1.54, 1.807) is 0 Å². The first-order valence-electron chi connectivity index (χ1n) is 8.18. The highest BCUT2D eigenvalue weighted by atomic mass is 16.2. The summed E-state index contributed by atoms with van der Waals surface area (Å²) in [4.78, 5) is 12.2. The molecule has 3 unspecified atom stereocenters. The highest BCUT2D eigenvalue weighted by molar-refractivity contribution is 5.94. The third-order valence-electron chi connectivity index (χ3n) is 4.46. The Hall–Kier alpha value is -1.35. The van der Waals surface area contributed by atoms with Crippen molar-refractivity contribution in [2.45, 2.75) is 65.0 Å². The van der Waals surface area contributed by atoms with Crippen LogP contribution in [-0.4, -0.2) is 18.0 Å². The van der Waals surface area contributed by atoms with Gasteiger partial charge in [0.25, 0.3) is 0 Å². The lowest BCUT2D eigenvalue weighted by Gasteiger charge is -2.21. The van der Waals surface area contributed by atoms with Crippen molar-refractivity contribution in [1.29, 1.82) is 0 Å². The number of benzene rings is 1. The molecule has 3 nitrogen and oxygen atoms in total. The first-order valence-corrected chi connectivity index (χ1v) is 8.18. The number of anilines is 1. The molecule has 0 aromatic heterocycles. The SMILES string of the molecule is Cc1ccc(NC(=O)C(C)NC2CCCC(C)CC2)cc1. The van der Waals surface area contributed by atoms with Crippen LogP contribution in [0.15, 0.2) is 24.3 Å². The van der Waals surface area contributed by atoms with Gasteiger partial charge in [0.05, 0.1) is 6.04 Å².